The molecule has 2 heterocycles. The summed E-state index contributed by atoms with van der Waals surface area (Å²) in [5.74, 6) is -0.932. The van der Waals surface area contributed by atoms with Crippen molar-refractivity contribution in [2.24, 2.45) is 12.5 Å². The van der Waals surface area contributed by atoms with Crippen LogP contribution in [-0.2, 0) is 21.9 Å². The van der Waals surface area contributed by atoms with Crippen molar-refractivity contribution in [3.05, 3.63) is 12.4 Å². The van der Waals surface area contributed by atoms with Crippen LogP contribution in [0.3, 0.4) is 0 Å². The highest BCUT2D eigenvalue weighted by molar-refractivity contribution is 7.89. The maximum absolute atomic E-state index is 12.4. The van der Waals surface area contributed by atoms with Crippen molar-refractivity contribution >= 4 is 16.0 Å². The molecule has 0 aromatic carbocycles. The highest BCUT2D eigenvalue weighted by Gasteiger charge is 2.47. The van der Waals surface area contributed by atoms with Crippen LogP contribution in [0.4, 0.5) is 0 Å². The Morgan fingerprint density at radius 3 is 2.68 bits per heavy atom. The van der Waals surface area contributed by atoms with Gasteiger partial charge in [-0.05, 0) is 12.8 Å². The lowest BCUT2D eigenvalue weighted by atomic mass is 9.85. The molecule has 1 saturated heterocycles. The Hall–Kier alpha value is -1.41. The minimum Gasteiger partial charge on any atom is -0.481 e. The minimum atomic E-state index is -3.65. The molecular weight excluding hydrogens is 270 g/mol. The van der Waals surface area contributed by atoms with Gasteiger partial charge < -0.3 is 5.11 Å². The number of aromatic nitrogens is 2. The van der Waals surface area contributed by atoms with Gasteiger partial charge in [-0.15, -0.1) is 0 Å². The first-order valence-corrected chi connectivity index (χ1v) is 7.48. The normalized spacial score (nSPS) is 24.7. The molecule has 1 aliphatic rings. The van der Waals surface area contributed by atoms with E-state index in [1.807, 2.05) is 0 Å². The molecule has 1 aromatic rings. The molecule has 1 N–H and O–H groups in total. The number of nitrogens with zero attached hydrogens (tertiary/aromatic N) is 3. The molecule has 1 aromatic heterocycles. The van der Waals surface area contributed by atoms with Gasteiger partial charge in [0.25, 0.3) is 0 Å². The second-order valence-corrected chi connectivity index (χ2v) is 6.82. The van der Waals surface area contributed by atoms with Crippen LogP contribution in [0.25, 0.3) is 0 Å². The van der Waals surface area contributed by atoms with Crippen molar-refractivity contribution in [3.63, 3.8) is 0 Å². The average Bonchev–Trinajstić information content (AvgIpc) is 2.96. The number of aliphatic carboxylic acids is 1. The summed E-state index contributed by atoms with van der Waals surface area (Å²) in [6, 6.07) is 0. The molecule has 1 atom stereocenters. The summed E-state index contributed by atoms with van der Waals surface area (Å²) in [7, 11) is -2.01. The Morgan fingerprint density at radius 1 is 1.58 bits per heavy atom. The first kappa shape index (κ1) is 14.0. The summed E-state index contributed by atoms with van der Waals surface area (Å²) in [6.07, 6.45) is 3.46. The number of hydrogen-bond acceptors (Lipinski definition) is 4. The van der Waals surface area contributed by atoms with Crippen LogP contribution in [0.1, 0.15) is 19.8 Å². The zero-order valence-corrected chi connectivity index (χ0v) is 11.7. The monoisotopic (exact) mass is 287 g/mol. The standard InChI is InChI=1S/C11H17N3O4S/c1-3-11(10(15)16)4-5-14(8-11)19(17,18)9-6-12-13(2)7-9/h6-7H,3-5,8H2,1-2H3,(H,15,16). The lowest BCUT2D eigenvalue weighted by Gasteiger charge is -2.22. The molecule has 19 heavy (non-hydrogen) atoms. The molecule has 0 bridgehead atoms. The van der Waals surface area contributed by atoms with Gasteiger partial charge in [-0.3, -0.25) is 9.48 Å². The van der Waals surface area contributed by atoms with Gasteiger partial charge in [0, 0.05) is 26.3 Å². The fourth-order valence-electron chi connectivity index (χ4n) is 2.33. The van der Waals surface area contributed by atoms with E-state index in [4.69, 9.17) is 0 Å². The van der Waals surface area contributed by atoms with Gasteiger partial charge in [-0.1, -0.05) is 6.92 Å². The maximum atomic E-state index is 12.4. The molecule has 8 heteroatoms. The van der Waals surface area contributed by atoms with Crippen LogP contribution in [0.5, 0.6) is 0 Å². The SMILES string of the molecule is CCC1(C(=O)O)CCN(S(=O)(=O)c2cnn(C)c2)C1. The zero-order chi connectivity index (χ0) is 14.3. The summed E-state index contributed by atoms with van der Waals surface area (Å²) in [5, 5.41) is 13.1. The van der Waals surface area contributed by atoms with E-state index in [9.17, 15) is 18.3 Å². The maximum Gasteiger partial charge on any atom is 0.311 e. The third kappa shape index (κ3) is 2.25. The summed E-state index contributed by atoms with van der Waals surface area (Å²) in [5.41, 5.74) is -0.963. The number of aryl methyl sites for hydroxylation is 1. The van der Waals surface area contributed by atoms with Crippen LogP contribution in [-0.4, -0.2) is 46.7 Å². The van der Waals surface area contributed by atoms with Gasteiger partial charge in [-0.25, -0.2) is 8.42 Å². The lowest BCUT2D eigenvalue weighted by molar-refractivity contribution is -0.148. The van der Waals surface area contributed by atoms with E-state index in [-0.39, 0.29) is 18.0 Å². The molecular formula is C11H17N3O4S. The van der Waals surface area contributed by atoms with Crippen LogP contribution < -0.4 is 0 Å². The Balaban J connectivity index is 2.28. The molecule has 2 rings (SSSR count). The molecule has 0 aliphatic carbocycles. The Kier molecular flexibility index (Phi) is 3.40. The predicted octanol–water partition coefficient (Wildman–Crippen LogP) is 0.295. The minimum absolute atomic E-state index is 0.0239. The van der Waals surface area contributed by atoms with Crippen molar-refractivity contribution in [2.45, 2.75) is 24.7 Å². The highest BCUT2D eigenvalue weighted by Crippen LogP contribution is 2.36. The summed E-state index contributed by atoms with van der Waals surface area (Å²) in [6.45, 7) is 2.03. The quantitative estimate of drug-likeness (QED) is 0.859. The number of carboxylic acid groups (broad SMARTS) is 1. The third-order valence-electron chi connectivity index (χ3n) is 3.77. The van der Waals surface area contributed by atoms with E-state index in [0.29, 0.717) is 12.8 Å². The van der Waals surface area contributed by atoms with Crippen molar-refractivity contribution in [1.82, 2.24) is 14.1 Å². The topological polar surface area (TPSA) is 92.5 Å². The molecule has 106 valence electrons. The molecule has 1 fully saturated rings. The van der Waals surface area contributed by atoms with Crippen molar-refractivity contribution < 1.29 is 18.3 Å². The van der Waals surface area contributed by atoms with Gasteiger partial charge in [0.15, 0.2) is 0 Å². The van der Waals surface area contributed by atoms with E-state index >= 15 is 0 Å². The Morgan fingerprint density at radius 2 is 2.26 bits per heavy atom. The zero-order valence-electron chi connectivity index (χ0n) is 10.9. The smallest absolute Gasteiger partial charge is 0.311 e. The third-order valence-corrected chi connectivity index (χ3v) is 5.57. The van der Waals surface area contributed by atoms with Crippen LogP contribution in [0.2, 0.25) is 0 Å². The van der Waals surface area contributed by atoms with Crippen LogP contribution in [0, 0.1) is 5.41 Å². The molecule has 0 amide bonds. The van der Waals surface area contributed by atoms with E-state index in [0.717, 1.165) is 0 Å². The second kappa shape index (κ2) is 4.61. The van der Waals surface area contributed by atoms with E-state index in [2.05, 4.69) is 5.10 Å². The molecule has 0 spiro atoms. The Labute approximate surface area is 111 Å². The molecule has 1 unspecified atom stereocenters. The molecule has 7 nitrogen and oxygen atoms in total. The van der Waals surface area contributed by atoms with Crippen LogP contribution >= 0.6 is 0 Å². The Bertz CT molecular complexity index is 595. The van der Waals surface area contributed by atoms with Gasteiger partial charge in [0.2, 0.25) is 10.0 Å². The van der Waals surface area contributed by atoms with Gasteiger partial charge in [-0.2, -0.15) is 9.40 Å². The fraction of sp³-hybridized carbons (Fsp3) is 0.636. The average molecular weight is 287 g/mol. The van der Waals surface area contributed by atoms with Crippen molar-refractivity contribution in [1.29, 1.82) is 0 Å². The summed E-state index contributed by atoms with van der Waals surface area (Å²) in [4.78, 5) is 11.4. The summed E-state index contributed by atoms with van der Waals surface area (Å²) >= 11 is 0. The highest BCUT2D eigenvalue weighted by atomic mass is 32.2. The lowest BCUT2D eigenvalue weighted by Crippen LogP contribution is -2.36. The van der Waals surface area contributed by atoms with Gasteiger partial charge in [0.05, 0.1) is 11.6 Å². The molecule has 0 saturated carbocycles. The van der Waals surface area contributed by atoms with E-state index in [1.54, 1.807) is 14.0 Å². The van der Waals surface area contributed by atoms with Gasteiger partial charge in [0.1, 0.15) is 4.90 Å². The molecule has 1 aliphatic heterocycles. The number of carboxylic acids is 1. The number of carbonyl (C=O) groups is 1. The molecule has 0 radical (unpaired) electrons. The van der Waals surface area contributed by atoms with Crippen LogP contribution in [0.15, 0.2) is 17.3 Å². The summed E-state index contributed by atoms with van der Waals surface area (Å²) < 4.78 is 27.4. The van der Waals surface area contributed by atoms with Crippen molar-refractivity contribution in [3.8, 4) is 0 Å². The predicted molar refractivity (Wildman–Crippen MR) is 66.9 cm³/mol. The first-order chi connectivity index (χ1) is 8.82. The van der Waals surface area contributed by atoms with E-state index < -0.39 is 21.4 Å². The van der Waals surface area contributed by atoms with E-state index in [1.165, 1.54) is 21.4 Å². The van der Waals surface area contributed by atoms with Crippen molar-refractivity contribution in [2.75, 3.05) is 13.1 Å². The largest absolute Gasteiger partial charge is 0.481 e. The number of hydrogen-bond donors (Lipinski definition) is 1. The first-order valence-electron chi connectivity index (χ1n) is 6.04. The van der Waals surface area contributed by atoms with Gasteiger partial charge >= 0.3 is 5.97 Å². The fourth-order valence-corrected chi connectivity index (χ4v) is 3.85. The number of rotatable bonds is 4. The second-order valence-electron chi connectivity index (χ2n) is 4.88. The number of sulfonamides is 1.